The zero-order chi connectivity index (χ0) is 14.9. The highest BCUT2D eigenvalue weighted by atomic mass is 35.5. The van der Waals surface area contributed by atoms with Crippen molar-refractivity contribution >= 4 is 17.5 Å². The van der Waals surface area contributed by atoms with Crippen molar-refractivity contribution in [3.05, 3.63) is 70.7 Å². The standard InChI is InChI=1S/C18H18ClNO/c1-13(14-5-3-2-4-6-14)20-17(21)18(11-12-18)15-7-9-16(19)10-8-15/h2-10,13H,11-12H2,1H3,(H,20,21)/t13-/m1/s1. The van der Waals surface area contributed by atoms with Gasteiger partial charge in [0.15, 0.2) is 0 Å². The molecule has 1 aliphatic rings. The van der Waals surface area contributed by atoms with Crippen LogP contribution >= 0.6 is 11.6 Å². The van der Waals surface area contributed by atoms with Gasteiger partial charge in [-0.25, -0.2) is 0 Å². The molecule has 0 saturated heterocycles. The van der Waals surface area contributed by atoms with Crippen LogP contribution in [0.1, 0.15) is 36.9 Å². The summed E-state index contributed by atoms with van der Waals surface area (Å²) in [5.74, 6) is 0.112. The zero-order valence-electron chi connectivity index (χ0n) is 12.0. The highest BCUT2D eigenvalue weighted by Crippen LogP contribution is 2.48. The average molecular weight is 300 g/mol. The van der Waals surface area contributed by atoms with E-state index in [2.05, 4.69) is 5.32 Å². The van der Waals surface area contributed by atoms with Crippen LogP contribution in [0.2, 0.25) is 5.02 Å². The van der Waals surface area contributed by atoms with Gasteiger partial charge in [0.25, 0.3) is 0 Å². The van der Waals surface area contributed by atoms with Gasteiger partial charge < -0.3 is 5.32 Å². The second-order valence-electron chi connectivity index (χ2n) is 5.69. The Labute approximate surface area is 130 Å². The van der Waals surface area contributed by atoms with Crippen LogP contribution < -0.4 is 5.32 Å². The second-order valence-corrected chi connectivity index (χ2v) is 6.13. The predicted molar refractivity (Wildman–Crippen MR) is 85.4 cm³/mol. The maximum absolute atomic E-state index is 12.7. The predicted octanol–water partition coefficient (Wildman–Crippen LogP) is 4.25. The first kappa shape index (κ1) is 14.2. The van der Waals surface area contributed by atoms with E-state index in [1.54, 1.807) is 0 Å². The number of amides is 1. The van der Waals surface area contributed by atoms with Gasteiger partial charge in [0, 0.05) is 5.02 Å². The summed E-state index contributed by atoms with van der Waals surface area (Å²) >= 11 is 5.93. The van der Waals surface area contributed by atoms with Gasteiger partial charge in [-0.1, -0.05) is 54.1 Å². The molecule has 1 saturated carbocycles. The smallest absolute Gasteiger partial charge is 0.231 e. The summed E-state index contributed by atoms with van der Waals surface area (Å²) in [6.07, 6.45) is 1.81. The van der Waals surface area contributed by atoms with Crippen LogP contribution in [-0.4, -0.2) is 5.91 Å². The molecule has 3 rings (SSSR count). The largest absolute Gasteiger partial charge is 0.349 e. The molecule has 0 aliphatic heterocycles. The van der Waals surface area contributed by atoms with Crippen LogP contribution in [0.25, 0.3) is 0 Å². The van der Waals surface area contributed by atoms with Gasteiger partial charge in [0.1, 0.15) is 0 Å². The fourth-order valence-corrected chi connectivity index (χ4v) is 2.83. The van der Waals surface area contributed by atoms with Crippen LogP contribution in [0.15, 0.2) is 54.6 Å². The lowest BCUT2D eigenvalue weighted by molar-refractivity contribution is -0.124. The lowest BCUT2D eigenvalue weighted by Gasteiger charge is -2.20. The first-order chi connectivity index (χ1) is 10.1. The van der Waals surface area contributed by atoms with Crippen molar-refractivity contribution in [1.29, 1.82) is 0 Å². The molecular weight excluding hydrogens is 282 g/mol. The summed E-state index contributed by atoms with van der Waals surface area (Å²) < 4.78 is 0. The Morgan fingerprint density at radius 2 is 1.71 bits per heavy atom. The number of carbonyl (C=O) groups is 1. The topological polar surface area (TPSA) is 29.1 Å². The van der Waals surface area contributed by atoms with Crippen LogP contribution in [0.4, 0.5) is 0 Å². The highest BCUT2D eigenvalue weighted by molar-refractivity contribution is 6.30. The monoisotopic (exact) mass is 299 g/mol. The quantitative estimate of drug-likeness (QED) is 0.898. The van der Waals surface area contributed by atoms with E-state index in [1.807, 2.05) is 61.5 Å². The number of hydrogen-bond donors (Lipinski definition) is 1. The molecular formula is C18H18ClNO. The maximum Gasteiger partial charge on any atom is 0.231 e. The molecule has 0 spiro atoms. The van der Waals surface area contributed by atoms with E-state index in [-0.39, 0.29) is 17.4 Å². The Bertz CT molecular complexity index is 632. The molecule has 0 aromatic heterocycles. The molecule has 0 unspecified atom stereocenters. The van der Waals surface area contributed by atoms with Crippen LogP contribution in [0.3, 0.4) is 0 Å². The number of hydrogen-bond acceptors (Lipinski definition) is 1. The van der Waals surface area contributed by atoms with Gasteiger partial charge in [0.05, 0.1) is 11.5 Å². The Morgan fingerprint density at radius 3 is 2.29 bits per heavy atom. The molecule has 2 nitrogen and oxygen atoms in total. The summed E-state index contributed by atoms with van der Waals surface area (Å²) in [5.41, 5.74) is 1.83. The molecule has 2 aromatic carbocycles. The van der Waals surface area contributed by atoms with Gasteiger partial charge in [-0.2, -0.15) is 0 Å². The number of nitrogens with one attached hydrogen (secondary N) is 1. The number of carbonyl (C=O) groups excluding carboxylic acids is 1. The Hall–Kier alpha value is -1.80. The van der Waals surface area contributed by atoms with Gasteiger partial charge in [-0.3, -0.25) is 4.79 Å². The maximum atomic E-state index is 12.7. The molecule has 2 aromatic rings. The van der Waals surface area contributed by atoms with Crippen LogP contribution in [0.5, 0.6) is 0 Å². The molecule has 0 radical (unpaired) electrons. The van der Waals surface area contributed by atoms with Gasteiger partial charge in [0.2, 0.25) is 5.91 Å². The van der Waals surface area contributed by atoms with Crippen molar-refractivity contribution in [3.8, 4) is 0 Å². The normalized spacial score (nSPS) is 17.0. The van der Waals surface area contributed by atoms with E-state index < -0.39 is 0 Å². The van der Waals surface area contributed by atoms with E-state index >= 15 is 0 Å². The molecule has 108 valence electrons. The summed E-state index contributed by atoms with van der Waals surface area (Å²) in [5, 5.41) is 3.84. The second kappa shape index (κ2) is 5.53. The van der Waals surface area contributed by atoms with E-state index in [4.69, 9.17) is 11.6 Å². The fraction of sp³-hybridized carbons (Fsp3) is 0.278. The fourth-order valence-electron chi connectivity index (χ4n) is 2.70. The minimum atomic E-state index is -0.354. The third-order valence-electron chi connectivity index (χ3n) is 4.23. The van der Waals surface area contributed by atoms with Crippen molar-refractivity contribution in [2.24, 2.45) is 0 Å². The zero-order valence-corrected chi connectivity index (χ0v) is 12.7. The summed E-state index contributed by atoms with van der Waals surface area (Å²) in [4.78, 5) is 12.7. The van der Waals surface area contributed by atoms with Crippen molar-refractivity contribution in [1.82, 2.24) is 5.32 Å². The number of rotatable bonds is 4. The average Bonchev–Trinajstić information content (AvgIpc) is 3.30. The van der Waals surface area contributed by atoms with E-state index in [9.17, 15) is 4.79 Å². The van der Waals surface area contributed by atoms with E-state index in [0.29, 0.717) is 5.02 Å². The molecule has 3 heteroatoms. The van der Waals surface area contributed by atoms with Gasteiger partial charge >= 0.3 is 0 Å². The van der Waals surface area contributed by atoms with Crippen molar-refractivity contribution in [2.75, 3.05) is 0 Å². The molecule has 1 fully saturated rings. The number of halogens is 1. The third kappa shape index (κ3) is 2.81. The first-order valence-electron chi connectivity index (χ1n) is 7.24. The molecule has 1 amide bonds. The SMILES string of the molecule is C[C@@H](NC(=O)C1(c2ccc(Cl)cc2)CC1)c1ccccc1. The molecule has 21 heavy (non-hydrogen) atoms. The van der Waals surface area contributed by atoms with Crippen molar-refractivity contribution in [2.45, 2.75) is 31.2 Å². The number of benzene rings is 2. The third-order valence-corrected chi connectivity index (χ3v) is 4.48. The molecule has 0 heterocycles. The van der Waals surface area contributed by atoms with Crippen LogP contribution in [0, 0.1) is 0 Å². The van der Waals surface area contributed by atoms with E-state index in [1.165, 1.54) is 0 Å². The Kier molecular flexibility index (Phi) is 3.73. The summed E-state index contributed by atoms with van der Waals surface area (Å²) in [7, 11) is 0. The Morgan fingerprint density at radius 1 is 1.10 bits per heavy atom. The van der Waals surface area contributed by atoms with Gasteiger partial charge in [-0.15, -0.1) is 0 Å². The molecule has 1 atom stereocenters. The lowest BCUT2D eigenvalue weighted by atomic mass is 9.94. The minimum absolute atomic E-state index is 0.0171. The highest BCUT2D eigenvalue weighted by Gasteiger charge is 2.51. The van der Waals surface area contributed by atoms with Crippen molar-refractivity contribution in [3.63, 3.8) is 0 Å². The van der Waals surface area contributed by atoms with Crippen molar-refractivity contribution < 1.29 is 4.79 Å². The minimum Gasteiger partial charge on any atom is -0.349 e. The van der Waals surface area contributed by atoms with E-state index in [0.717, 1.165) is 24.0 Å². The Balaban J connectivity index is 1.75. The molecule has 1 aliphatic carbocycles. The first-order valence-corrected chi connectivity index (χ1v) is 7.61. The molecule has 0 bridgehead atoms. The van der Waals surface area contributed by atoms with Gasteiger partial charge in [-0.05, 0) is 43.0 Å². The summed E-state index contributed by atoms with van der Waals surface area (Å²) in [6, 6.07) is 17.7. The molecule has 1 N–H and O–H groups in total. The lowest BCUT2D eigenvalue weighted by Crippen LogP contribution is -2.36. The van der Waals surface area contributed by atoms with Crippen LogP contribution in [-0.2, 0) is 10.2 Å². The summed E-state index contributed by atoms with van der Waals surface area (Å²) in [6.45, 7) is 2.02.